The number of anilines is 1. The van der Waals surface area contributed by atoms with E-state index in [1.807, 2.05) is 24.3 Å². The summed E-state index contributed by atoms with van der Waals surface area (Å²) in [5.74, 6) is -0.304. The standard InChI is InChI=1S/C15H20N2O2/c1-2-12-5-7-13(8-6-12)16-14(18)11-15(19)17-9-3-4-10-17/h5-8H,2-4,9-11H2,1H3,(H,16,18). The van der Waals surface area contributed by atoms with Gasteiger partial charge in [0.2, 0.25) is 11.8 Å². The summed E-state index contributed by atoms with van der Waals surface area (Å²) in [6.45, 7) is 3.66. The first kappa shape index (κ1) is 13.6. The molecule has 0 radical (unpaired) electrons. The van der Waals surface area contributed by atoms with E-state index in [2.05, 4.69) is 12.2 Å². The fourth-order valence-corrected chi connectivity index (χ4v) is 2.24. The van der Waals surface area contributed by atoms with Gasteiger partial charge < -0.3 is 10.2 Å². The highest BCUT2D eigenvalue weighted by molar-refractivity contribution is 6.03. The number of carbonyl (C=O) groups excluding carboxylic acids is 2. The van der Waals surface area contributed by atoms with Crippen LogP contribution in [-0.2, 0) is 16.0 Å². The van der Waals surface area contributed by atoms with Gasteiger partial charge in [-0.15, -0.1) is 0 Å². The van der Waals surface area contributed by atoms with E-state index >= 15 is 0 Å². The Labute approximate surface area is 113 Å². The zero-order valence-corrected chi connectivity index (χ0v) is 11.3. The number of carbonyl (C=O) groups is 2. The number of rotatable bonds is 4. The highest BCUT2D eigenvalue weighted by atomic mass is 16.2. The molecule has 4 nitrogen and oxygen atoms in total. The van der Waals surface area contributed by atoms with Crippen molar-refractivity contribution in [3.05, 3.63) is 29.8 Å². The molecule has 19 heavy (non-hydrogen) atoms. The number of nitrogens with one attached hydrogen (secondary N) is 1. The Kier molecular flexibility index (Phi) is 4.55. The van der Waals surface area contributed by atoms with Gasteiger partial charge in [-0.1, -0.05) is 19.1 Å². The van der Waals surface area contributed by atoms with Crippen molar-refractivity contribution < 1.29 is 9.59 Å². The number of benzene rings is 1. The Morgan fingerprint density at radius 3 is 2.37 bits per heavy atom. The predicted octanol–water partition coefficient (Wildman–Crippen LogP) is 2.20. The second-order valence-corrected chi connectivity index (χ2v) is 4.86. The average Bonchev–Trinajstić information content (AvgIpc) is 2.93. The van der Waals surface area contributed by atoms with Gasteiger partial charge in [0, 0.05) is 18.8 Å². The highest BCUT2D eigenvalue weighted by Crippen LogP contribution is 2.12. The minimum Gasteiger partial charge on any atom is -0.342 e. The summed E-state index contributed by atoms with van der Waals surface area (Å²) in [6.07, 6.45) is 3.01. The molecule has 1 aromatic rings. The maximum absolute atomic E-state index is 11.8. The molecule has 0 atom stereocenters. The number of hydrogen-bond acceptors (Lipinski definition) is 2. The molecule has 0 unspecified atom stereocenters. The van der Waals surface area contributed by atoms with Gasteiger partial charge in [-0.05, 0) is 37.0 Å². The zero-order chi connectivity index (χ0) is 13.7. The van der Waals surface area contributed by atoms with Crippen molar-refractivity contribution in [1.82, 2.24) is 4.90 Å². The van der Waals surface area contributed by atoms with Crippen LogP contribution in [0.4, 0.5) is 5.69 Å². The summed E-state index contributed by atoms with van der Waals surface area (Å²) in [6, 6.07) is 7.71. The Hall–Kier alpha value is -1.84. The fraction of sp³-hybridized carbons (Fsp3) is 0.467. The van der Waals surface area contributed by atoms with E-state index in [-0.39, 0.29) is 18.2 Å². The van der Waals surface area contributed by atoms with E-state index < -0.39 is 0 Å². The third-order valence-corrected chi connectivity index (χ3v) is 3.42. The lowest BCUT2D eigenvalue weighted by molar-refractivity contribution is -0.133. The Morgan fingerprint density at radius 2 is 1.79 bits per heavy atom. The van der Waals surface area contributed by atoms with Crippen LogP contribution in [0.3, 0.4) is 0 Å². The van der Waals surface area contributed by atoms with Gasteiger partial charge >= 0.3 is 0 Å². The second kappa shape index (κ2) is 6.36. The van der Waals surface area contributed by atoms with Crippen molar-refractivity contribution in [1.29, 1.82) is 0 Å². The van der Waals surface area contributed by atoms with Crippen LogP contribution in [0.25, 0.3) is 0 Å². The number of nitrogens with zero attached hydrogens (tertiary/aromatic N) is 1. The molecule has 1 fully saturated rings. The van der Waals surface area contributed by atoms with Crippen LogP contribution in [-0.4, -0.2) is 29.8 Å². The molecule has 0 saturated carbocycles. The molecule has 0 aromatic heterocycles. The Morgan fingerprint density at radius 1 is 1.16 bits per heavy atom. The average molecular weight is 260 g/mol. The van der Waals surface area contributed by atoms with Crippen LogP contribution in [0.2, 0.25) is 0 Å². The summed E-state index contributed by atoms with van der Waals surface area (Å²) >= 11 is 0. The van der Waals surface area contributed by atoms with E-state index in [1.165, 1.54) is 5.56 Å². The lowest BCUT2D eigenvalue weighted by Gasteiger charge is -2.14. The fourth-order valence-electron chi connectivity index (χ4n) is 2.24. The summed E-state index contributed by atoms with van der Waals surface area (Å²) < 4.78 is 0. The maximum Gasteiger partial charge on any atom is 0.233 e. The molecule has 0 spiro atoms. The van der Waals surface area contributed by atoms with E-state index in [1.54, 1.807) is 4.90 Å². The second-order valence-electron chi connectivity index (χ2n) is 4.86. The van der Waals surface area contributed by atoms with Gasteiger partial charge in [-0.2, -0.15) is 0 Å². The molecule has 1 aliphatic heterocycles. The van der Waals surface area contributed by atoms with E-state index in [0.717, 1.165) is 38.0 Å². The smallest absolute Gasteiger partial charge is 0.233 e. The third-order valence-electron chi connectivity index (χ3n) is 3.42. The van der Waals surface area contributed by atoms with Gasteiger partial charge in [0.1, 0.15) is 6.42 Å². The molecule has 2 amide bonds. The molecule has 4 heteroatoms. The molecular formula is C15H20N2O2. The number of likely N-dealkylation sites (tertiary alicyclic amines) is 1. The van der Waals surface area contributed by atoms with Crippen LogP contribution in [0.1, 0.15) is 31.7 Å². The molecule has 2 rings (SSSR count). The van der Waals surface area contributed by atoms with Gasteiger partial charge in [0.25, 0.3) is 0 Å². The normalized spacial score (nSPS) is 14.5. The highest BCUT2D eigenvalue weighted by Gasteiger charge is 2.20. The van der Waals surface area contributed by atoms with E-state index in [9.17, 15) is 9.59 Å². The molecule has 0 aliphatic carbocycles. The SMILES string of the molecule is CCc1ccc(NC(=O)CC(=O)N2CCCC2)cc1. The first-order chi connectivity index (χ1) is 9.19. The quantitative estimate of drug-likeness (QED) is 0.844. The van der Waals surface area contributed by atoms with Crippen LogP contribution >= 0.6 is 0 Å². The molecular weight excluding hydrogens is 240 g/mol. The lowest BCUT2D eigenvalue weighted by atomic mass is 10.1. The largest absolute Gasteiger partial charge is 0.342 e. The molecule has 1 saturated heterocycles. The predicted molar refractivity (Wildman–Crippen MR) is 74.9 cm³/mol. The summed E-state index contributed by atoms with van der Waals surface area (Å²) in [5, 5.41) is 2.76. The maximum atomic E-state index is 11.8. The minimum atomic E-state index is -0.235. The summed E-state index contributed by atoms with van der Waals surface area (Å²) in [7, 11) is 0. The van der Waals surface area contributed by atoms with Crippen LogP contribution in [0.15, 0.2) is 24.3 Å². The first-order valence-electron chi connectivity index (χ1n) is 6.85. The number of hydrogen-bond donors (Lipinski definition) is 1. The number of aryl methyl sites for hydroxylation is 1. The van der Waals surface area contributed by atoms with Crippen molar-refractivity contribution in [3.8, 4) is 0 Å². The molecule has 102 valence electrons. The van der Waals surface area contributed by atoms with Crippen LogP contribution in [0.5, 0.6) is 0 Å². The first-order valence-corrected chi connectivity index (χ1v) is 6.85. The van der Waals surface area contributed by atoms with Crippen LogP contribution < -0.4 is 5.32 Å². The van der Waals surface area contributed by atoms with E-state index in [0.29, 0.717) is 0 Å². The molecule has 1 N–H and O–H groups in total. The Balaban J connectivity index is 1.84. The third kappa shape index (κ3) is 3.81. The monoisotopic (exact) mass is 260 g/mol. The van der Waals surface area contributed by atoms with Crippen molar-refractivity contribution in [2.75, 3.05) is 18.4 Å². The van der Waals surface area contributed by atoms with E-state index in [4.69, 9.17) is 0 Å². The van der Waals surface area contributed by atoms with Crippen molar-refractivity contribution >= 4 is 17.5 Å². The van der Waals surface area contributed by atoms with Gasteiger partial charge in [-0.3, -0.25) is 9.59 Å². The van der Waals surface area contributed by atoms with Crippen molar-refractivity contribution in [2.45, 2.75) is 32.6 Å². The molecule has 1 aromatic carbocycles. The molecule has 0 bridgehead atoms. The lowest BCUT2D eigenvalue weighted by Crippen LogP contribution is -2.31. The minimum absolute atomic E-state index is 0.0600. The topological polar surface area (TPSA) is 49.4 Å². The Bertz CT molecular complexity index is 448. The van der Waals surface area contributed by atoms with Crippen molar-refractivity contribution in [3.63, 3.8) is 0 Å². The number of amides is 2. The molecule has 1 heterocycles. The van der Waals surface area contributed by atoms with Gasteiger partial charge in [-0.25, -0.2) is 0 Å². The summed E-state index contributed by atoms with van der Waals surface area (Å²) in [5.41, 5.74) is 1.97. The van der Waals surface area contributed by atoms with Crippen molar-refractivity contribution in [2.24, 2.45) is 0 Å². The van der Waals surface area contributed by atoms with Gasteiger partial charge in [0.15, 0.2) is 0 Å². The van der Waals surface area contributed by atoms with Crippen LogP contribution in [0, 0.1) is 0 Å². The summed E-state index contributed by atoms with van der Waals surface area (Å²) in [4.78, 5) is 25.4. The van der Waals surface area contributed by atoms with Gasteiger partial charge in [0.05, 0.1) is 0 Å². The zero-order valence-electron chi connectivity index (χ0n) is 11.3. The molecule has 1 aliphatic rings.